The van der Waals surface area contributed by atoms with Crippen LogP contribution in [0.2, 0.25) is 0 Å². The molecule has 2 heterocycles. The van der Waals surface area contributed by atoms with Crippen LogP contribution in [0.4, 0.5) is 17.1 Å². The van der Waals surface area contributed by atoms with Gasteiger partial charge in [0.1, 0.15) is 12.7 Å². The van der Waals surface area contributed by atoms with Gasteiger partial charge in [-0.05, 0) is 18.2 Å². The third kappa shape index (κ3) is 6.97. The number of carbonyl (C=O) groups excluding carboxylic acids is 4. The van der Waals surface area contributed by atoms with Crippen molar-refractivity contribution in [1.29, 1.82) is 0 Å². The minimum atomic E-state index is -1.49. The first-order valence-electron chi connectivity index (χ1n) is 13.2. The van der Waals surface area contributed by atoms with Crippen molar-refractivity contribution in [1.82, 2.24) is 4.57 Å². The fourth-order valence-electron chi connectivity index (χ4n) is 4.75. The van der Waals surface area contributed by atoms with Gasteiger partial charge in [0.15, 0.2) is 30.2 Å². The van der Waals surface area contributed by atoms with Gasteiger partial charge >= 0.3 is 23.9 Å². The molecule has 44 heavy (non-hydrogen) atoms. The number of non-ortho nitro benzene ring substituents is 1. The van der Waals surface area contributed by atoms with Gasteiger partial charge in [0, 0.05) is 45.2 Å². The van der Waals surface area contributed by atoms with Gasteiger partial charge in [-0.15, -0.1) is 5.11 Å². The van der Waals surface area contributed by atoms with Gasteiger partial charge in [-0.3, -0.25) is 33.9 Å². The predicted molar refractivity (Wildman–Crippen MR) is 148 cm³/mol. The third-order valence-electron chi connectivity index (χ3n) is 6.41. The predicted octanol–water partition coefficient (Wildman–Crippen LogP) is 3.93. The maximum Gasteiger partial charge on any atom is 0.303 e. The molecule has 1 saturated heterocycles. The van der Waals surface area contributed by atoms with Crippen molar-refractivity contribution in [2.45, 2.75) is 58.3 Å². The number of nitro groups is 1. The van der Waals surface area contributed by atoms with Gasteiger partial charge in [-0.2, -0.15) is 5.11 Å². The van der Waals surface area contributed by atoms with Crippen LogP contribution >= 0.6 is 0 Å². The van der Waals surface area contributed by atoms with Gasteiger partial charge in [0.05, 0.1) is 16.1 Å². The molecule has 0 spiro atoms. The van der Waals surface area contributed by atoms with Gasteiger partial charge in [-0.1, -0.05) is 18.2 Å². The Bertz CT molecular complexity index is 1620. The summed E-state index contributed by atoms with van der Waals surface area (Å²) in [5, 5.41) is 31.1. The topological polar surface area (TPSA) is 207 Å². The highest BCUT2D eigenvalue weighted by atomic mass is 16.7. The Morgan fingerprint density at radius 1 is 0.864 bits per heavy atom. The molecule has 0 unspecified atom stereocenters. The van der Waals surface area contributed by atoms with Crippen molar-refractivity contribution < 1.29 is 52.9 Å². The number of nitrogens with zero attached hydrogens (tertiary/aromatic N) is 4. The summed E-state index contributed by atoms with van der Waals surface area (Å²) >= 11 is 0. The lowest BCUT2D eigenvalue weighted by Gasteiger charge is -2.44. The molecule has 3 aromatic rings. The molecule has 1 fully saturated rings. The zero-order chi connectivity index (χ0) is 32.1. The van der Waals surface area contributed by atoms with Crippen LogP contribution in [-0.2, 0) is 42.9 Å². The van der Waals surface area contributed by atoms with Gasteiger partial charge in [0.25, 0.3) is 5.69 Å². The maximum absolute atomic E-state index is 12.3. The van der Waals surface area contributed by atoms with Crippen molar-refractivity contribution in [3.63, 3.8) is 0 Å². The Kier molecular flexibility index (Phi) is 9.53. The highest BCUT2D eigenvalue weighted by Gasteiger charge is 2.53. The summed E-state index contributed by atoms with van der Waals surface area (Å²) in [6, 6.07) is 11.8. The van der Waals surface area contributed by atoms with E-state index in [1.807, 2.05) is 0 Å². The number of nitro benzene ring substituents is 1. The summed E-state index contributed by atoms with van der Waals surface area (Å²) in [5.41, 5.74) is 0.390. The number of carbonyl (C=O) groups is 4. The molecule has 5 atom stereocenters. The first-order chi connectivity index (χ1) is 20.9. The second-order valence-corrected chi connectivity index (χ2v) is 9.62. The average Bonchev–Trinajstić information content (AvgIpc) is 3.23. The van der Waals surface area contributed by atoms with E-state index in [0.29, 0.717) is 10.9 Å². The van der Waals surface area contributed by atoms with E-state index in [4.69, 9.17) is 23.7 Å². The minimum absolute atomic E-state index is 0.0354. The molecule has 4 rings (SSSR count). The monoisotopic (exact) mass is 612 g/mol. The van der Waals surface area contributed by atoms with Crippen LogP contribution in [0.25, 0.3) is 10.9 Å². The molecular weight excluding hydrogens is 584 g/mol. The highest BCUT2D eigenvalue weighted by molar-refractivity contribution is 5.95. The number of esters is 4. The normalized spacial score (nSPS) is 21.5. The number of aromatic hydroxyl groups is 1. The SMILES string of the molecule is CC(=O)OC[C@@H]1O[C@@H](n2c(O)c(N=Nc3ccc([N+](=O)[O-])cc3)c3ccccc32)[C@@H](OC(C)=O)[C@@H](OC(C)=O)[C@H]1OC(C)=O. The van der Waals surface area contributed by atoms with Crippen molar-refractivity contribution in [3.8, 4) is 5.88 Å². The van der Waals surface area contributed by atoms with Crippen LogP contribution < -0.4 is 0 Å². The third-order valence-corrected chi connectivity index (χ3v) is 6.41. The molecule has 0 bridgehead atoms. The summed E-state index contributed by atoms with van der Waals surface area (Å²) in [4.78, 5) is 58.6. The number of rotatable bonds is 9. The van der Waals surface area contributed by atoms with Crippen molar-refractivity contribution >= 4 is 51.8 Å². The molecule has 16 nitrogen and oxygen atoms in total. The molecule has 2 aromatic carbocycles. The number of azo groups is 1. The number of aromatic nitrogens is 1. The van der Waals surface area contributed by atoms with Crippen LogP contribution in [0, 0.1) is 10.1 Å². The number of hydrogen-bond donors (Lipinski definition) is 1. The Labute approximate surface area is 249 Å². The van der Waals surface area contributed by atoms with E-state index in [0.717, 1.165) is 27.7 Å². The molecule has 1 aromatic heterocycles. The first kappa shape index (κ1) is 31.6. The fraction of sp³-hybridized carbons (Fsp3) is 0.357. The highest BCUT2D eigenvalue weighted by Crippen LogP contribution is 2.45. The Balaban J connectivity index is 1.87. The van der Waals surface area contributed by atoms with Crippen LogP contribution in [0.3, 0.4) is 0 Å². The summed E-state index contributed by atoms with van der Waals surface area (Å²) in [6.45, 7) is 4.00. The number of fused-ring (bicyclic) bond motifs is 1. The molecule has 1 aliphatic rings. The zero-order valence-electron chi connectivity index (χ0n) is 23.9. The van der Waals surface area contributed by atoms with Crippen LogP contribution in [-0.4, -0.2) is 69.5 Å². The smallest absolute Gasteiger partial charge is 0.303 e. The Morgan fingerprint density at radius 3 is 2.05 bits per heavy atom. The van der Waals surface area contributed by atoms with E-state index in [-0.39, 0.29) is 17.1 Å². The standard InChI is InChI=1S/C28H28N4O12/c1-14(33)40-13-22-24(41-15(2)34)25(42-16(3)35)26(43-17(4)36)28(44-22)31-21-8-6-5-7-20(21)23(27(31)37)30-29-18-9-11-19(12-10-18)32(38)39/h5-12,22,24-26,28,37H,13H2,1-4H3/t22-,24-,25-,26-,28+/m0/s1. The quantitative estimate of drug-likeness (QED) is 0.120. The van der Waals surface area contributed by atoms with Crippen LogP contribution in [0.5, 0.6) is 5.88 Å². The number of hydrogen-bond acceptors (Lipinski definition) is 14. The van der Waals surface area contributed by atoms with Gasteiger partial charge in [0.2, 0.25) is 5.88 Å². The van der Waals surface area contributed by atoms with Gasteiger partial charge in [-0.25, -0.2) is 0 Å². The molecule has 232 valence electrons. The Hall–Kier alpha value is -5.38. The number of ether oxygens (including phenoxy) is 5. The van der Waals surface area contributed by atoms with E-state index in [1.165, 1.54) is 28.8 Å². The van der Waals surface area contributed by atoms with E-state index in [9.17, 15) is 34.4 Å². The lowest BCUT2D eigenvalue weighted by Crippen LogP contribution is -2.60. The van der Waals surface area contributed by atoms with Crippen LogP contribution in [0.1, 0.15) is 33.9 Å². The summed E-state index contributed by atoms with van der Waals surface area (Å²) in [5.74, 6) is -3.59. The Morgan fingerprint density at radius 2 is 1.45 bits per heavy atom. The average molecular weight is 613 g/mol. The first-order valence-corrected chi connectivity index (χ1v) is 13.2. The van der Waals surface area contributed by atoms with E-state index in [1.54, 1.807) is 24.3 Å². The summed E-state index contributed by atoms with van der Waals surface area (Å²) < 4.78 is 29.0. The summed E-state index contributed by atoms with van der Waals surface area (Å²) in [6.07, 6.45) is -7.04. The summed E-state index contributed by atoms with van der Waals surface area (Å²) in [7, 11) is 0. The second-order valence-electron chi connectivity index (χ2n) is 9.62. The molecule has 0 aliphatic carbocycles. The van der Waals surface area contributed by atoms with E-state index < -0.39 is 71.9 Å². The van der Waals surface area contributed by atoms with E-state index >= 15 is 0 Å². The zero-order valence-corrected chi connectivity index (χ0v) is 23.9. The molecule has 0 amide bonds. The number of benzene rings is 2. The molecule has 0 saturated carbocycles. The van der Waals surface area contributed by atoms with Crippen molar-refractivity contribution in [2.24, 2.45) is 10.2 Å². The largest absolute Gasteiger partial charge is 0.493 e. The maximum atomic E-state index is 12.3. The minimum Gasteiger partial charge on any atom is -0.493 e. The number of para-hydroxylation sites is 1. The molecule has 1 N–H and O–H groups in total. The molecule has 0 radical (unpaired) electrons. The fourth-order valence-corrected chi connectivity index (χ4v) is 4.75. The van der Waals surface area contributed by atoms with Crippen molar-refractivity contribution in [2.75, 3.05) is 6.61 Å². The lowest BCUT2D eigenvalue weighted by atomic mass is 9.97. The van der Waals surface area contributed by atoms with Crippen LogP contribution in [0.15, 0.2) is 58.8 Å². The molecular formula is C28H28N4O12. The van der Waals surface area contributed by atoms with E-state index in [2.05, 4.69) is 10.2 Å². The van der Waals surface area contributed by atoms with Crippen molar-refractivity contribution in [3.05, 3.63) is 58.6 Å². The second kappa shape index (κ2) is 13.3. The van der Waals surface area contributed by atoms with Gasteiger partial charge < -0.3 is 28.8 Å². The lowest BCUT2D eigenvalue weighted by molar-refractivity contribution is -0.384. The molecule has 1 aliphatic heterocycles. The molecule has 16 heteroatoms.